The van der Waals surface area contributed by atoms with E-state index in [2.05, 4.69) is 4.98 Å². The molecule has 1 aliphatic heterocycles. The van der Waals surface area contributed by atoms with Gasteiger partial charge in [-0.25, -0.2) is 14.6 Å². The first-order chi connectivity index (χ1) is 14.2. The number of aromatic nitrogens is 1. The molecule has 4 rings (SSSR count). The maximum absolute atomic E-state index is 12.1. The molecule has 1 atom stereocenters. The lowest BCUT2D eigenvalue weighted by molar-refractivity contribution is -0.135. The Balaban J connectivity index is 1.84. The number of hydrogen-bond acceptors (Lipinski definition) is 7. The van der Waals surface area contributed by atoms with Crippen LogP contribution in [0.25, 0.3) is 0 Å². The molecule has 1 aromatic heterocycles. The SMILES string of the molecule is COC(=O)C1=C(OC)C(=C=O)C(N2Cc3cccnc3Oc3ccccc32)C=C1. The van der Waals surface area contributed by atoms with Crippen LogP contribution in [-0.4, -0.2) is 37.2 Å². The predicted molar refractivity (Wildman–Crippen MR) is 105 cm³/mol. The fourth-order valence-corrected chi connectivity index (χ4v) is 3.53. The second-order valence-electron chi connectivity index (χ2n) is 6.42. The average molecular weight is 390 g/mol. The number of anilines is 1. The molecule has 1 aliphatic carbocycles. The third-order valence-corrected chi connectivity index (χ3v) is 4.86. The van der Waals surface area contributed by atoms with Gasteiger partial charge in [0.1, 0.15) is 22.8 Å². The maximum atomic E-state index is 12.1. The monoisotopic (exact) mass is 390 g/mol. The smallest absolute Gasteiger partial charge is 0.341 e. The molecule has 0 spiro atoms. The molecular weight excluding hydrogens is 372 g/mol. The molecule has 2 aliphatic rings. The van der Waals surface area contributed by atoms with Crippen LogP contribution in [0.4, 0.5) is 5.69 Å². The number of ether oxygens (including phenoxy) is 3. The van der Waals surface area contributed by atoms with E-state index in [4.69, 9.17) is 14.2 Å². The van der Waals surface area contributed by atoms with Crippen LogP contribution in [0.5, 0.6) is 11.6 Å². The molecule has 2 aromatic rings. The van der Waals surface area contributed by atoms with Crippen LogP contribution in [0.1, 0.15) is 5.56 Å². The lowest BCUT2D eigenvalue weighted by Gasteiger charge is -2.33. The molecule has 29 heavy (non-hydrogen) atoms. The summed E-state index contributed by atoms with van der Waals surface area (Å²) < 4.78 is 16.2. The maximum Gasteiger partial charge on any atom is 0.341 e. The molecule has 0 bridgehead atoms. The first-order valence-corrected chi connectivity index (χ1v) is 8.95. The molecular formula is C22H18N2O5. The summed E-state index contributed by atoms with van der Waals surface area (Å²) in [6.07, 6.45) is 5.03. The van der Waals surface area contributed by atoms with Crippen molar-refractivity contribution in [2.45, 2.75) is 12.6 Å². The Morgan fingerprint density at radius 3 is 2.83 bits per heavy atom. The number of nitrogens with zero attached hydrogens (tertiary/aromatic N) is 2. The number of rotatable bonds is 3. The van der Waals surface area contributed by atoms with Crippen LogP contribution < -0.4 is 9.64 Å². The van der Waals surface area contributed by atoms with E-state index in [-0.39, 0.29) is 16.9 Å². The molecule has 0 fully saturated rings. The summed E-state index contributed by atoms with van der Waals surface area (Å²) in [7, 11) is 2.68. The van der Waals surface area contributed by atoms with Gasteiger partial charge in [-0.3, -0.25) is 0 Å². The van der Waals surface area contributed by atoms with E-state index >= 15 is 0 Å². The Bertz CT molecular complexity index is 1080. The van der Waals surface area contributed by atoms with Crippen molar-refractivity contribution in [2.24, 2.45) is 0 Å². The summed E-state index contributed by atoms with van der Waals surface area (Å²) in [4.78, 5) is 30.4. The van der Waals surface area contributed by atoms with Crippen molar-refractivity contribution in [3.05, 3.63) is 77.2 Å². The largest absolute Gasteiger partial charge is 0.495 e. The quantitative estimate of drug-likeness (QED) is 0.589. The number of para-hydroxylation sites is 2. The second-order valence-corrected chi connectivity index (χ2v) is 6.42. The van der Waals surface area contributed by atoms with E-state index < -0.39 is 12.0 Å². The van der Waals surface area contributed by atoms with E-state index in [1.54, 1.807) is 18.3 Å². The number of fused-ring (bicyclic) bond motifs is 2. The van der Waals surface area contributed by atoms with Gasteiger partial charge >= 0.3 is 5.97 Å². The van der Waals surface area contributed by atoms with Crippen LogP contribution in [0, 0.1) is 0 Å². The molecule has 0 N–H and O–H groups in total. The lowest BCUT2D eigenvalue weighted by Crippen LogP contribution is -2.37. The highest BCUT2D eigenvalue weighted by Gasteiger charge is 2.35. The zero-order valence-electron chi connectivity index (χ0n) is 15.9. The molecule has 7 nitrogen and oxygen atoms in total. The average Bonchev–Trinajstić information content (AvgIpc) is 2.94. The first-order valence-electron chi connectivity index (χ1n) is 8.95. The molecule has 0 amide bonds. The van der Waals surface area contributed by atoms with Crippen LogP contribution in [0.15, 0.2) is 71.7 Å². The van der Waals surface area contributed by atoms with Crippen LogP contribution in [-0.2, 0) is 25.6 Å². The Kier molecular flexibility index (Phi) is 4.89. The van der Waals surface area contributed by atoms with Crippen molar-refractivity contribution in [2.75, 3.05) is 19.1 Å². The zero-order chi connectivity index (χ0) is 20.4. The number of methoxy groups -OCH3 is 2. The van der Waals surface area contributed by atoms with Gasteiger partial charge in [0.2, 0.25) is 5.88 Å². The highest BCUT2D eigenvalue weighted by atomic mass is 16.5. The molecule has 0 radical (unpaired) electrons. The summed E-state index contributed by atoms with van der Waals surface area (Å²) in [5.41, 5.74) is 2.03. The summed E-state index contributed by atoms with van der Waals surface area (Å²) >= 11 is 0. The lowest BCUT2D eigenvalue weighted by atomic mass is 9.94. The molecule has 146 valence electrons. The number of hydrogen-bond donors (Lipinski definition) is 0. The van der Waals surface area contributed by atoms with Crippen molar-refractivity contribution in [1.82, 2.24) is 4.98 Å². The third-order valence-electron chi connectivity index (χ3n) is 4.86. The summed E-state index contributed by atoms with van der Waals surface area (Å²) in [5, 5.41) is 0. The summed E-state index contributed by atoms with van der Waals surface area (Å²) in [5.74, 6) is 2.65. The number of pyridine rings is 1. The minimum atomic E-state index is -0.585. The van der Waals surface area contributed by atoms with Gasteiger partial charge in [-0.05, 0) is 24.3 Å². The number of carbonyl (C=O) groups excluding carboxylic acids is 2. The van der Waals surface area contributed by atoms with Crippen LogP contribution >= 0.6 is 0 Å². The van der Waals surface area contributed by atoms with Crippen molar-refractivity contribution in [1.29, 1.82) is 0 Å². The number of esters is 1. The van der Waals surface area contributed by atoms with Crippen LogP contribution in [0.2, 0.25) is 0 Å². The molecule has 7 heteroatoms. The molecule has 1 aromatic carbocycles. The second kappa shape index (κ2) is 7.66. The third kappa shape index (κ3) is 3.17. The van der Waals surface area contributed by atoms with E-state index in [9.17, 15) is 9.59 Å². The summed E-state index contributed by atoms with van der Waals surface area (Å²) in [6.45, 7) is 0.435. The topological polar surface area (TPSA) is 78.0 Å². The predicted octanol–water partition coefficient (Wildman–Crippen LogP) is 2.96. The van der Waals surface area contributed by atoms with Gasteiger partial charge in [0.25, 0.3) is 0 Å². The Morgan fingerprint density at radius 1 is 1.24 bits per heavy atom. The van der Waals surface area contributed by atoms with E-state index in [0.717, 1.165) is 11.3 Å². The highest BCUT2D eigenvalue weighted by Crippen LogP contribution is 2.41. The normalized spacial score (nSPS) is 17.5. The van der Waals surface area contributed by atoms with Crippen molar-refractivity contribution in [3.8, 4) is 11.6 Å². The van der Waals surface area contributed by atoms with Gasteiger partial charge < -0.3 is 19.1 Å². The van der Waals surface area contributed by atoms with Gasteiger partial charge in [0.05, 0.1) is 25.9 Å². The molecule has 0 saturated carbocycles. The van der Waals surface area contributed by atoms with E-state index in [0.29, 0.717) is 18.2 Å². The zero-order valence-corrected chi connectivity index (χ0v) is 15.9. The minimum absolute atomic E-state index is 0.147. The van der Waals surface area contributed by atoms with Gasteiger partial charge in [0, 0.05) is 18.3 Å². The van der Waals surface area contributed by atoms with E-state index in [1.807, 2.05) is 47.2 Å². The van der Waals surface area contributed by atoms with Gasteiger partial charge in [-0.2, -0.15) is 0 Å². The standard InChI is InChI=1S/C22H18N2O5/c1-27-20-15(22(26)28-2)9-10-17(16(20)13-25)24-12-14-6-5-11-23-21(14)29-19-8-4-3-7-18(19)24/h3-11,17H,12H2,1-2H3. The summed E-state index contributed by atoms with van der Waals surface area (Å²) in [6, 6.07) is 10.7. The van der Waals surface area contributed by atoms with Gasteiger partial charge in [-0.1, -0.05) is 24.3 Å². The minimum Gasteiger partial charge on any atom is -0.495 e. The van der Waals surface area contributed by atoms with E-state index in [1.165, 1.54) is 14.2 Å². The number of carbonyl (C=O) groups is 1. The first kappa shape index (κ1) is 18.5. The van der Waals surface area contributed by atoms with Crippen molar-refractivity contribution >= 4 is 17.6 Å². The fourth-order valence-electron chi connectivity index (χ4n) is 3.53. The molecule has 0 saturated heterocycles. The molecule has 2 heterocycles. The van der Waals surface area contributed by atoms with Gasteiger partial charge in [0.15, 0.2) is 5.75 Å². The van der Waals surface area contributed by atoms with Crippen molar-refractivity contribution < 1.29 is 23.8 Å². The Labute approximate surface area is 167 Å². The molecule has 1 unspecified atom stereocenters. The Hall–Kier alpha value is -3.83. The Morgan fingerprint density at radius 2 is 2.07 bits per heavy atom. The van der Waals surface area contributed by atoms with Crippen LogP contribution in [0.3, 0.4) is 0 Å². The van der Waals surface area contributed by atoms with Gasteiger partial charge in [-0.15, -0.1) is 0 Å². The fraction of sp³-hybridized carbons (Fsp3) is 0.182. The highest BCUT2D eigenvalue weighted by molar-refractivity contribution is 5.95. The number of benzene rings is 1. The van der Waals surface area contributed by atoms with Crippen molar-refractivity contribution in [3.63, 3.8) is 0 Å².